The zero-order valence-corrected chi connectivity index (χ0v) is 20.7. The predicted molar refractivity (Wildman–Crippen MR) is 114 cm³/mol. The molecule has 1 fully saturated rings. The molecular weight excluding hydrogens is 398 g/mol. The van der Waals surface area contributed by atoms with E-state index in [1.165, 1.54) is 12.0 Å². The van der Waals surface area contributed by atoms with Crippen LogP contribution in [0.4, 0.5) is 4.79 Å². The highest BCUT2D eigenvalue weighted by molar-refractivity contribution is 6.74. The normalized spacial score (nSPS) is 23.6. The maximum absolute atomic E-state index is 13.0. The molecule has 0 aliphatic carbocycles. The number of esters is 1. The fourth-order valence-corrected chi connectivity index (χ4v) is 4.73. The molecule has 1 heterocycles. The SMILES string of the molecule is COC(=O)[C@@]1(CCCCl)C[C@@H](O[Si](C)(C)C(C)(C)C)CN1C(=O)OC(C)(C)C. The third-order valence-corrected chi connectivity index (χ3v) is 10.4. The minimum absolute atomic E-state index is 0.0242. The van der Waals surface area contributed by atoms with Gasteiger partial charge < -0.3 is 13.9 Å². The number of carbonyl (C=O) groups excluding carboxylic acids is 2. The Morgan fingerprint density at radius 2 is 1.75 bits per heavy atom. The fraction of sp³-hybridized carbons (Fsp3) is 0.900. The molecule has 8 heteroatoms. The van der Waals surface area contributed by atoms with Crippen molar-refractivity contribution in [2.45, 2.75) is 96.2 Å². The summed E-state index contributed by atoms with van der Waals surface area (Å²) in [4.78, 5) is 27.4. The van der Waals surface area contributed by atoms with Crippen LogP contribution in [0.25, 0.3) is 0 Å². The van der Waals surface area contributed by atoms with E-state index in [0.29, 0.717) is 31.7 Å². The number of nitrogens with zero attached hydrogens (tertiary/aromatic N) is 1. The number of hydrogen-bond acceptors (Lipinski definition) is 5. The number of ether oxygens (including phenoxy) is 2. The van der Waals surface area contributed by atoms with Crippen molar-refractivity contribution in [3.05, 3.63) is 0 Å². The Hall–Kier alpha value is -0.793. The van der Waals surface area contributed by atoms with Gasteiger partial charge in [-0.1, -0.05) is 20.8 Å². The molecule has 0 N–H and O–H groups in total. The molecule has 1 saturated heterocycles. The van der Waals surface area contributed by atoms with Crippen LogP contribution in [-0.4, -0.2) is 62.1 Å². The minimum Gasteiger partial charge on any atom is -0.467 e. The quantitative estimate of drug-likeness (QED) is 0.335. The first-order valence-electron chi connectivity index (χ1n) is 9.92. The second-order valence-corrected chi connectivity index (χ2v) is 15.2. The summed E-state index contributed by atoms with van der Waals surface area (Å²) in [7, 11) is -0.730. The van der Waals surface area contributed by atoms with Crippen molar-refractivity contribution in [2.24, 2.45) is 0 Å². The molecule has 0 saturated carbocycles. The Morgan fingerprint density at radius 3 is 2.18 bits per heavy atom. The summed E-state index contributed by atoms with van der Waals surface area (Å²) in [6.45, 7) is 16.6. The fourth-order valence-electron chi connectivity index (χ4n) is 3.25. The van der Waals surface area contributed by atoms with E-state index >= 15 is 0 Å². The Bertz CT molecular complexity index is 570. The molecule has 1 aliphatic rings. The van der Waals surface area contributed by atoms with E-state index in [1.807, 2.05) is 20.8 Å². The molecule has 0 aromatic heterocycles. The number of hydrogen-bond donors (Lipinski definition) is 0. The molecule has 0 unspecified atom stereocenters. The zero-order chi connectivity index (χ0) is 22.0. The van der Waals surface area contributed by atoms with Crippen LogP contribution in [0.2, 0.25) is 18.1 Å². The molecule has 164 valence electrons. The van der Waals surface area contributed by atoms with Gasteiger partial charge in [-0.25, -0.2) is 9.59 Å². The summed E-state index contributed by atoms with van der Waals surface area (Å²) in [6.07, 6.45) is 0.627. The van der Waals surface area contributed by atoms with Gasteiger partial charge in [-0.2, -0.15) is 0 Å². The Kier molecular flexibility index (Phi) is 8.04. The number of likely N-dealkylation sites (tertiary alicyclic amines) is 1. The van der Waals surface area contributed by atoms with Crippen LogP contribution in [-0.2, 0) is 18.7 Å². The lowest BCUT2D eigenvalue weighted by atomic mass is 9.90. The lowest BCUT2D eigenvalue weighted by molar-refractivity contribution is -0.153. The molecule has 0 aromatic carbocycles. The molecule has 0 bridgehead atoms. The average molecular weight is 436 g/mol. The van der Waals surface area contributed by atoms with Crippen molar-refractivity contribution >= 4 is 32.0 Å². The highest BCUT2D eigenvalue weighted by Gasteiger charge is 2.56. The average Bonchev–Trinajstić information content (AvgIpc) is 2.88. The van der Waals surface area contributed by atoms with E-state index in [4.69, 9.17) is 25.5 Å². The van der Waals surface area contributed by atoms with Crippen LogP contribution in [0.5, 0.6) is 0 Å². The van der Waals surface area contributed by atoms with Gasteiger partial charge in [0.05, 0.1) is 19.8 Å². The number of carbonyl (C=O) groups is 2. The van der Waals surface area contributed by atoms with Gasteiger partial charge in [0, 0.05) is 12.3 Å². The van der Waals surface area contributed by atoms with E-state index < -0.39 is 31.5 Å². The summed E-state index contributed by atoms with van der Waals surface area (Å²) < 4.78 is 17.3. The lowest BCUT2D eigenvalue weighted by Crippen LogP contribution is -2.54. The minimum atomic E-state index is -2.08. The summed E-state index contributed by atoms with van der Waals surface area (Å²) in [6, 6.07) is 0. The van der Waals surface area contributed by atoms with Crippen molar-refractivity contribution in [2.75, 3.05) is 19.5 Å². The first-order chi connectivity index (χ1) is 12.6. The molecule has 28 heavy (non-hydrogen) atoms. The van der Waals surface area contributed by atoms with Crippen LogP contribution in [0, 0.1) is 0 Å². The van der Waals surface area contributed by atoms with Gasteiger partial charge in [-0.05, 0) is 51.7 Å². The molecule has 1 amide bonds. The molecule has 2 atom stereocenters. The van der Waals surface area contributed by atoms with Crippen LogP contribution in [0.3, 0.4) is 0 Å². The van der Waals surface area contributed by atoms with E-state index in [1.54, 1.807) is 0 Å². The Balaban J connectivity index is 3.26. The van der Waals surface area contributed by atoms with Gasteiger partial charge in [-0.15, -0.1) is 11.6 Å². The number of halogens is 1. The molecular formula is C20H38ClNO5Si. The van der Waals surface area contributed by atoms with Crippen molar-refractivity contribution in [3.8, 4) is 0 Å². The lowest BCUT2D eigenvalue weighted by Gasteiger charge is -2.38. The molecule has 1 rings (SSSR count). The largest absolute Gasteiger partial charge is 0.467 e. The smallest absolute Gasteiger partial charge is 0.411 e. The monoisotopic (exact) mass is 435 g/mol. The Labute approximate surface area is 176 Å². The van der Waals surface area contributed by atoms with Crippen LogP contribution >= 0.6 is 11.6 Å². The standard InChI is InChI=1S/C20H38ClNO5Si/c1-18(2,3)26-17(24)22-14-15(27-28(8,9)19(4,5)6)13-20(22,11-10-12-21)16(23)25-7/h15H,10-14H2,1-9H3/t15-,20-/m1/s1. The van der Waals surface area contributed by atoms with E-state index in [2.05, 4.69) is 33.9 Å². The highest BCUT2D eigenvalue weighted by Crippen LogP contribution is 2.42. The van der Waals surface area contributed by atoms with Gasteiger partial charge >= 0.3 is 12.1 Å². The van der Waals surface area contributed by atoms with Crippen LogP contribution in [0.15, 0.2) is 0 Å². The van der Waals surface area contributed by atoms with E-state index in [-0.39, 0.29) is 11.1 Å². The van der Waals surface area contributed by atoms with E-state index in [9.17, 15) is 9.59 Å². The third-order valence-electron chi connectivity index (χ3n) is 5.64. The van der Waals surface area contributed by atoms with Gasteiger partial charge in [-0.3, -0.25) is 4.90 Å². The number of alkyl halides is 1. The third kappa shape index (κ3) is 5.86. The van der Waals surface area contributed by atoms with Crippen molar-refractivity contribution < 1.29 is 23.5 Å². The highest BCUT2D eigenvalue weighted by atomic mass is 35.5. The van der Waals surface area contributed by atoms with Crippen LogP contribution < -0.4 is 0 Å². The van der Waals surface area contributed by atoms with Crippen molar-refractivity contribution in [3.63, 3.8) is 0 Å². The van der Waals surface area contributed by atoms with Crippen molar-refractivity contribution in [1.29, 1.82) is 0 Å². The summed E-state index contributed by atoms with van der Waals surface area (Å²) >= 11 is 5.92. The second-order valence-electron chi connectivity index (χ2n) is 10.1. The van der Waals surface area contributed by atoms with Gasteiger partial charge in [0.15, 0.2) is 8.32 Å². The van der Waals surface area contributed by atoms with E-state index in [0.717, 1.165) is 0 Å². The summed E-state index contributed by atoms with van der Waals surface area (Å²) in [5, 5.41) is 0.0242. The maximum atomic E-state index is 13.0. The van der Waals surface area contributed by atoms with Gasteiger partial charge in [0.2, 0.25) is 0 Å². The first-order valence-corrected chi connectivity index (χ1v) is 13.4. The number of amides is 1. The molecule has 6 nitrogen and oxygen atoms in total. The molecule has 0 aromatic rings. The Morgan fingerprint density at radius 1 is 1.18 bits per heavy atom. The molecule has 1 aliphatic heterocycles. The first kappa shape index (κ1) is 25.2. The molecule has 0 radical (unpaired) electrons. The second kappa shape index (κ2) is 8.92. The summed E-state index contributed by atoms with van der Waals surface area (Å²) in [5.74, 6) is -0.0425. The maximum Gasteiger partial charge on any atom is 0.411 e. The zero-order valence-electron chi connectivity index (χ0n) is 19.0. The number of rotatable bonds is 6. The van der Waals surface area contributed by atoms with Gasteiger partial charge in [0.1, 0.15) is 11.1 Å². The predicted octanol–water partition coefficient (Wildman–Crippen LogP) is 4.95. The molecule has 0 spiro atoms. The number of methoxy groups -OCH3 is 1. The van der Waals surface area contributed by atoms with Gasteiger partial charge in [0.25, 0.3) is 0 Å². The van der Waals surface area contributed by atoms with Crippen molar-refractivity contribution in [1.82, 2.24) is 4.90 Å². The van der Waals surface area contributed by atoms with Crippen LogP contribution in [0.1, 0.15) is 60.8 Å². The topological polar surface area (TPSA) is 65.1 Å². The summed E-state index contributed by atoms with van der Waals surface area (Å²) in [5.41, 5.74) is -1.77.